The second kappa shape index (κ2) is 15.2. The Balaban J connectivity index is 4.88. The van der Waals surface area contributed by atoms with Gasteiger partial charge in [-0.1, -0.05) is 52.4 Å². The third-order valence-corrected chi connectivity index (χ3v) is 5.25. The molecule has 0 aromatic carbocycles. The Bertz CT molecular complexity index is 265. The van der Waals surface area contributed by atoms with Crippen molar-refractivity contribution in [2.24, 2.45) is 11.8 Å². The van der Waals surface area contributed by atoms with Crippen LogP contribution in [0.25, 0.3) is 0 Å². The van der Waals surface area contributed by atoms with Gasteiger partial charge in [-0.15, -0.1) is 0 Å². The van der Waals surface area contributed by atoms with Gasteiger partial charge in [-0.2, -0.15) is 0 Å². The highest BCUT2D eigenvalue weighted by Gasteiger charge is 2.39. The summed E-state index contributed by atoms with van der Waals surface area (Å²) in [5.74, 6) is 0.718. The van der Waals surface area contributed by atoms with Crippen molar-refractivity contribution in [1.29, 1.82) is 0 Å². The summed E-state index contributed by atoms with van der Waals surface area (Å²) in [4.78, 5) is 0. The smallest absolute Gasteiger partial charge is 0.168 e. The summed E-state index contributed by atoms with van der Waals surface area (Å²) in [5, 5.41) is 3.28. The van der Waals surface area contributed by atoms with Crippen molar-refractivity contribution in [3.8, 4) is 0 Å². The molecule has 2 unspecified atom stereocenters. The SMILES string of the molecule is CCCCCCCC(CC)C(CCCNC)C(C)(OCC)OCC. The number of unbranched alkanes of at least 4 members (excludes halogenated alkanes) is 4. The Kier molecular flexibility index (Phi) is 15.1. The van der Waals surface area contributed by atoms with Crippen molar-refractivity contribution < 1.29 is 9.47 Å². The van der Waals surface area contributed by atoms with Crippen LogP contribution >= 0.6 is 0 Å². The van der Waals surface area contributed by atoms with Crippen molar-refractivity contribution in [2.75, 3.05) is 26.8 Å². The predicted molar refractivity (Wildman–Crippen MR) is 105 cm³/mol. The zero-order valence-corrected chi connectivity index (χ0v) is 17.5. The molecule has 146 valence electrons. The second-order valence-electron chi connectivity index (χ2n) is 7.11. The normalized spacial score (nSPS) is 14.8. The molecule has 2 atom stereocenters. The number of rotatable bonds is 17. The van der Waals surface area contributed by atoms with Crippen LogP contribution in [0, 0.1) is 11.8 Å². The van der Waals surface area contributed by atoms with Gasteiger partial charge in [0.2, 0.25) is 0 Å². The van der Waals surface area contributed by atoms with Crippen molar-refractivity contribution in [3.05, 3.63) is 0 Å². The van der Waals surface area contributed by atoms with Crippen LogP contribution in [0.15, 0.2) is 0 Å². The summed E-state index contributed by atoms with van der Waals surface area (Å²) in [5.41, 5.74) is 0. The van der Waals surface area contributed by atoms with Crippen LogP contribution in [0.2, 0.25) is 0 Å². The van der Waals surface area contributed by atoms with Crippen LogP contribution in [0.3, 0.4) is 0 Å². The van der Waals surface area contributed by atoms with Gasteiger partial charge < -0.3 is 14.8 Å². The van der Waals surface area contributed by atoms with Crippen LogP contribution in [0.5, 0.6) is 0 Å². The average Bonchev–Trinajstić information content (AvgIpc) is 2.56. The fourth-order valence-corrected chi connectivity index (χ4v) is 3.95. The van der Waals surface area contributed by atoms with Gasteiger partial charge >= 0.3 is 0 Å². The minimum Gasteiger partial charge on any atom is -0.350 e. The maximum absolute atomic E-state index is 6.15. The lowest BCUT2D eigenvalue weighted by atomic mass is 9.77. The van der Waals surface area contributed by atoms with E-state index in [1.165, 1.54) is 57.8 Å². The number of nitrogens with one attached hydrogen (secondary N) is 1. The first-order valence-electron chi connectivity index (χ1n) is 10.5. The highest BCUT2D eigenvalue weighted by molar-refractivity contribution is 4.82. The third kappa shape index (κ3) is 9.39. The molecular weight excluding hydrogens is 298 g/mol. The Morgan fingerprint density at radius 3 is 1.96 bits per heavy atom. The van der Waals surface area contributed by atoms with Gasteiger partial charge in [0, 0.05) is 19.1 Å². The molecular formula is C21H45NO2. The van der Waals surface area contributed by atoms with E-state index in [-0.39, 0.29) is 0 Å². The first kappa shape index (κ1) is 23.9. The molecule has 0 heterocycles. The summed E-state index contributed by atoms with van der Waals surface area (Å²) in [6.07, 6.45) is 11.7. The van der Waals surface area contributed by atoms with Crippen molar-refractivity contribution >= 4 is 0 Å². The predicted octanol–water partition coefficient (Wildman–Crippen LogP) is 5.78. The summed E-state index contributed by atoms with van der Waals surface area (Å²) in [6, 6.07) is 0. The molecule has 0 saturated carbocycles. The van der Waals surface area contributed by atoms with E-state index in [0.717, 1.165) is 6.54 Å². The van der Waals surface area contributed by atoms with Crippen molar-refractivity contribution in [3.63, 3.8) is 0 Å². The van der Waals surface area contributed by atoms with Crippen LogP contribution < -0.4 is 5.32 Å². The monoisotopic (exact) mass is 343 g/mol. The Hall–Kier alpha value is -0.120. The van der Waals surface area contributed by atoms with Gasteiger partial charge in [0.05, 0.1) is 0 Å². The van der Waals surface area contributed by atoms with E-state index in [0.29, 0.717) is 25.0 Å². The number of ether oxygens (including phenoxy) is 2. The van der Waals surface area contributed by atoms with E-state index in [9.17, 15) is 0 Å². The second-order valence-corrected chi connectivity index (χ2v) is 7.11. The fraction of sp³-hybridized carbons (Fsp3) is 1.00. The molecule has 0 aromatic heterocycles. The minimum absolute atomic E-state index is 0.443. The molecule has 0 spiro atoms. The minimum atomic E-state index is -0.443. The van der Waals surface area contributed by atoms with Gasteiger partial charge in [0.25, 0.3) is 0 Å². The van der Waals surface area contributed by atoms with Gasteiger partial charge in [-0.3, -0.25) is 0 Å². The van der Waals surface area contributed by atoms with E-state index in [1.807, 2.05) is 7.05 Å². The molecule has 0 aliphatic carbocycles. The van der Waals surface area contributed by atoms with Crippen LogP contribution in [-0.2, 0) is 9.47 Å². The molecule has 1 N–H and O–H groups in total. The Morgan fingerprint density at radius 2 is 1.46 bits per heavy atom. The van der Waals surface area contributed by atoms with E-state index in [4.69, 9.17) is 9.47 Å². The topological polar surface area (TPSA) is 30.5 Å². The summed E-state index contributed by atoms with van der Waals surface area (Å²) in [6.45, 7) is 13.4. The lowest BCUT2D eigenvalue weighted by molar-refractivity contribution is -0.263. The molecule has 0 saturated heterocycles. The van der Waals surface area contributed by atoms with E-state index < -0.39 is 5.79 Å². The van der Waals surface area contributed by atoms with E-state index >= 15 is 0 Å². The molecule has 0 aliphatic heterocycles. The summed E-state index contributed by atoms with van der Waals surface area (Å²) >= 11 is 0. The molecule has 3 nitrogen and oxygen atoms in total. The van der Waals surface area contributed by atoms with Gasteiger partial charge in [-0.05, 0) is 59.5 Å². The Morgan fingerprint density at radius 1 is 0.833 bits per heavy atom. The van der Waals surface area contributed by atoms with Crippen molar-refractivity contribution in [2.45, 2.75) is 98.2 Å². The molecule has 0 radical (unpaired) electrons. The molecule has 0 fully saturated rings. The summed E-state index contributed by atoms with van der Waals surface area (Å²) < 4.78 is 12.3. The zero-order valence-electron chi connectivity index (χ0n) is 17.5. The lowest BCUT2D eigenvalue weighted by Crippen LogP contribution is -2.44. The standard InChI is InChI=1S/C21H45NO2/c1-7-11-12-13-14-16-19(8-2)20(17-15-18-22-6)21(5,23-9-3)24-10-4/h19-20,22H,7-18H2,1-6H3. The quantitative estimate of drug-likeness (QED) is 0.268. The molecule has 24 heavy (non-hydrogen) atoms. The van der Waals surface area contributed by atoms with Gasteiger partial charge in [-0.25, -0.2) is 0 Å². The van der Waals surface area contributed by atoms with E-state index in [2.05, 4.69) is 39.9 Å². The molecule has 0 amide bonds. The number of hydrogen-bond donors (Lipinski definition) is 1. The third-order valence-electron chi connectivity index (χ3n) is 5.25. The zero-order chi connectivity index (χ0) is 18.3. The molecule has 0 aromatic rings. The first-order valence-corrected chi connectivity index (χ1v) is 10.5. The molecule has 0 rings (SSSR count). The molecule has 0 bridgehead atoms. The molecule has 0 aliphatic rings. The van der Waals surface area contributed by atoms with E-state index in [1.54, 1.807) is 0 Å². The highest BCUT2D eigenvalue weighted by atomic mass is 16.7. The largest absolute Gasteiger partial charge is 0.350 e. The number of hydrogen-bond acceptors (Lipinski definition) is 3. The van der Waals surface area contributed by atoms with Crippen LogP contribution in [0.4, 0.5) is 0 Å². The van der Waals surface area contributed by atoms with Crippen LogP contribution in [0.1, 0.15) is 92.4 Å². The Labute approximate surface area is 152 Å². The maximum Gasteiger partial charge on any atom is 0.168 e. The highest BCUT2D eigenvalue weighted by Crippen LogP contribution is 2.38. The summed E-state index contributed by atoms with van der Waals surface area (Å²) in [7, 11) is 2.03. The first-order chi connectivity index (χ1) is 11.6. The van der Waals surface area contributed by atoms with Crippen molar-refractivity contribution in [1.82, 2.24) is 5.32 Å². The van der Waals surface area contributed by atoms with Gasteiger partial charge in [0.1, 0.15) is 0 Å². The lowest BCUT2D eigenvalue weighted by Gasteiger charge is -2.41. The fourth-order valence-electron chi connectivity index (χ4n) is 3.95. The van der Waals surface area contributed by atoms with Crippen LogP contribution in [-0.4, -0.2) is 32.6 Å². The van der Waals surface area contributed by atoms with Gasteiger partial charge in [0.15, 0.2) is 5.79 Å². The maximum atomic E-state index is 6.15. The molecule has 3 heteroatoms. The average molecular weight is 344 g/mol.